The molecule has 0 aliphatic rings. The molecule has 5 heteroatoms. The number of likely N-dealkylation sites (N-methyl/N-ethyl adjacent to an activating group) is 1. The van der Waals surface area contributed by atoms with E-state index in [1.165, 1.54) is 12.1 Å². The molecule has 0 saturated carbocycles. The van der Waals surface area contributed by atoms with E-state index in [0.29, 0.717) is 11.1 Å². The van der Waals surface area contributed by atoms with Gasteiger partial charge in [-0.05, 0) is 25.5 Å². The molecule has 1 unspecified atom stereocenters. The molecular weight excluding hydrogens is 228 g/mol. The first kappa shape index (κ1) is 12.9. The summed E-state index contributed by atoms with van der Waals surface area (Å²) in [6.07, 6.45) is 1.77. The van der Waals surface area contributed by atoms with Crippen LogP contribution in [0.2, 0.25) is 5.02 Å². The minimum absolute atomic E-state index is 0.0336. The molecule has 88 valence electrons. The van der Waals surface area contributed by atoms with E-state index >= 15 is 0 Å². The second kappa shape index (κ2) is 5.82. The monoisotopic (exact) mass is 242 g/mol. The molecule has 0 amide bonds. The van der Waals surface area contributed by atoms with Gasteiger partial charge in [-0.1, -0.05) is 24.6 Å². The number of nitrogens with zero attached hydrogens (tertiary/aromatic N) is 1. The third kappa shape index (κ3) is 3.18. The number of halogens is 1. The summed E-state index contributed by atoms with van der Waals surface area (Å²) in [6.45, 7) is 2.08. The highest BCUT2D eigenvalue weighted by Gasteiger charge is 2.12. The van der Waals surface area contributed by atoms with Crippen LogP contribution in [0.3, 0.4) is 0 Å². The molecule has 0 aliphatic heterocycles. The molecular formula is C11H15ClN2O2. The lowest BCUT2D eigenvalue weighted by atomic mass is 10.0. The third-order valence-electron chi connectivity index (χ3n) is 2.61. The summed E-state index contributed by atoms with van der Waals surface area (Å²) in [4.78, 5) is 10.1. The molecule has 0 saturated heterocycles. The predicted molar refractivity (Wildman–Crippen MR) is 64.9 cm³/mol. The number of non-ortho nitro benzene ring substituents is 1. The second-order valence-electron chi connectivity index (χ2n) is 3.63. The molecule has 1 aromatic rings. The Labute approximate surface area is 99.8 Å². The van der Waals surface area contributed by atoms with Crippen LogP contribution in [0.4, 0.5) is 5.69 Å². The first-order chi connectivity index (χ1) is 7.58. The van der Waals surface area contributed by atoms with Crippen molar-refractivity contribution in [2.75, 3.05) is 7.05 Å². The maximum Gasteiger partial charge on any atom is 0.270 e. The minimum Gasteiger partial charge on any atom is -0.317 e. The van der Waals surface area contributed by atoms with Crippen LogP contribution in [0.15, 0.2) is 18.2 Å². The van der Waals surface area contributed by atoms with Gasteiger partial charge in [0, 0.05) is 18.2 Å². The van der Waals surface area contributed by atoms with Crippen LogP contribution in [0.25, 0.3) is 0 Å². The summed E-state index contributed by atoms with van der Waals surface area (Å²) >= 11 is 6.00. The van der Waals surface area contributed by atoms with Gasteiger partial charge in [-0.25, -0.2) is 0 Å². The van der Waals surface area contributed by atoms with Crippen LogP contribution in [0, 0.1) is 10.1 Å². The van der Waals surface area contributed by atoms with Crippen LogP contribution < -0.4 is 5.32 Å². The van der Waals surface area contributed by atoms with Gasteiger partial charge in [0.05, 0.1) is 9.95 Å². The molecule has 1 atom stereocenters. The Balaban J connectivity index is 2.86. The normalized spacial score (nSPS) is 12.4. The van der Waals surface area contributed by atoms with Gasteiger partial charge in [-0.15, -0.1) is 0 Å². The van der Waals surface area contributed by atoms with Gasteiger partial charge in [-0.2, -0.15) is 0 Å². The van der Waals surface area contributed by atoms with Crippen molar-refractivity contribution in [3.63, 3.8) is 0 Å². The molecule has 0 bridgehead atoms. The van der Waals surface area contributed by atoms with Gasteiger partial charge in [0.15, 0.2) is 0 Å². The molecule has 16 heavy (non-hydrogen) atoms. The summed E-state index contributed by atoms with van der Waals surface area (Å²) in [7, 11) is 1.90. The molecule has 0 heterocycles. The van der Waals surface area contributed by atoms with E-state index in [1.807, 2.05) is 7.05 Å². The first-order valence-electron chi connectivity index (χ1n) is 5.18. The first-order valence-corrected chi connectivity index (χ1v) is 5.56. The number of nitro groups is 1. The van der Waals surface area contributed by atoms with Crippen molar-refractivity contribution in [3.8, 4) is 0 Å². The smallest absolute Gasteiger partial charge is 0.270 e. The van der Waals surface area contributed by atoms with Gasteiger partial charge in [0.25, 0.3) is 5.69 Å². The molecule has 0 aromatic heterocycles. The van der Waals surface area contributed by atoms with E-state index in [-0.39, 0.29) is 5.69 Å². The van der Waals surface area contributed by atoms with E-state index in [9.17, 15) is 10.1 Å². The Kier molecular flexibility index (Phi) is 4.71. The molecule has 1 aromatic carbocycles. The highest BCUT2D eigenvalue weighted by molar-refractivity contribution is 6.31. The largest absolute Gasteiger partial charge is 0.317 e. The summed E-state index contributed by atoms with van der Waals surface area (Å²) in [5.41, 5.74) is 0.972. The van der Waals surface area contributed by atoms with Crippen molar-refractivity contribution in [1.29, 1.82) is 0 Å². The Hall–Kier alpha value is -1.13. The number of hydrogen-bond donors (Lipinski definition) is 1. The van der Waals surface area contributed by atoms with Gasteiger partial charge in [0.2, 0.25) is 0 Å². The lowest BCUT2D eigenvalue weighted by Gasteiger charge is -2.14. The third-order valence-corrected chi connectivity index (χ3v) is 2.97. The Morgan fingerprint density at radius 3 is 2.69 bits per heavy atom. The summed E-state index contributed by atoms with van der Waals surface area (Å²) < 4.78 is 0. The Morgan fingerprint density at radius 1 is 1.56 bits per heavy atom. The molecule has 1 rings (SSSR count). The zero-order chi connectivity index (χ0) is 12.1. The fourth-order valence-electron chi connectivity index (χ4n) is 1.53. The van der Waals surface area contributed by atoms with Gasteiger partial charge < -0.3 is 5.32 Å². The fraction of sp³-hybridized carbons (Fsp3) is 0.455. The zero-order valence-electron chi connectivity index (χ0n) is 9.37. The lowest BCUT2D eigenvalue weighted by molar-refractivity contribution is -0.384. The van der Waals surface area contributed by atoms with Gasteiger partial charge >= 0.3 is 0 Å². The maximum absolute atomic E-state index is 10.5. The van der Waals surface area contributed by atoms with Crippen molar-refractivity contribution < 1.29 is 4.92 Å². The standard InChI is InChI=1S/C11H15ClN2O2/c1-3-9(13-2)6-8-4-5-10(14(15)16)7-11(8)12/h4-5,7,9,13H,3,6H2,1-2H3. The fourth-order valence-corrected chi connectivity index (χ4v) is 1.78. The van der Waals surface area contributed by atoms with Crippen molar-refractivity contribution in [1.82, 2.24) is 5.32 Å². The van der Waals surface area contributed by atoms with E-state index in [4.69, 9.17) is 11.6 Å². The summed E-state index contributed by atoms with van der Waals surface area (Å²) in [5, 5.41) is 14.2. The predicted octanol–water partition coefficient (Wildman–Crippen LogP) is 2.79. The molecule has 0 fully saturated rings. The highest BCUT2D eigenvalue weighted by Crippen LogP contribution is 2.23. The highest BCUT2D eigenvalue weighted by atomic mass is 35.5. The van der Waals surface area contributed by atoms with Crippen molar-refractivity contribution in [3.05, 3.63) is 38.9 Å². The SMILES string of the molecule is CCC(Cc1ccc([N+](=O)[O-])cc1Cl)NC. The van der Waals surface area contributed by atoms with Crippen LogP contribution in [0.5, 0.6) is 0 Å². The number of rotatable bonds is 5. The molecule has 0 aliphatic carbocycles. The van der Waals surface area contributed by atoms with Crippen LogP contribution in [0.1, 0.15) is 18.9 Å². The van der Waals surface area contributed by atoms with Crippen molar-refractivity contribution in [2.24, 2.45) is 0 Å². The van der Waals surface area contributed by atoms with Crippen molar-refractivity contribution >= 4 is 17.3 Å². The number of benzene rings is 1. The van der Waals surface area contributed by atoms with Crippen molar-refractivity contribution in [2.45, 2.75) is 25.8 Å². The number of nitro benzene ring substituents is 1. The lowest BCUT2D eigenvalue weighted by Crippen LogP contribution is -2.26. The van der Waals surface area contributed by atoms with E-state index in [1.54, 1.807) is 6.07 Å². The topological polar surface area (TPSA) is 55.2 Å². The van der Waals surface area contributed by atoms with Gasteiger partial charge in [-0.3, -0.25) is 10.1 Å². The number of nitrogens with one attached hydrogen (secondary N) is 1. The minimum atomic E-state index is -0.439. The maximum atomic E-state index is 10.5. The van der Waals surface area contributed by atoms with Gasteiger partial charge in [0.1, 0.15) is 0 Å². The van der Waals surface area contributed by atoms with Crippen LogP contribution in [-0.2, 0) is 6.42 Å². The summed E-state index contributed by atoms with van der Waals surface area (Å²) in [5.74, 6) is 0. The van der Waals surface area contributed by atoms with Crippen LogP contribution >= 0.6 is 11.6 Å². The van der Waals surface area contributed by atoms with E-state index < -0.39 is 4.92 Å². The summed E-state index contributed by atoms with van der Waals surface area (Å²) in [6, 6.07) is 4.96. The average Bonchev–Trinajstić information content (AvgIpc) is 2.27. The molecule has 0 radical (unpaired) electrons. The van der Waals surface area contributed by atoms with E-state index in [0.717, 1.165) is 18.4 Å². The molecule has 4 nitrogen and oxygen atoms in total. The Bertz CT molecular complexity index is 378. The van der Waals surface area contributed by atoms with Crippen LogP contribution in [-0.4, -0.2) is 18.0 Å². The average molecular weight is 243 g/mol. The zero-order valence-corrected chi connectivity index (χ0v) is 10.1. The Morgan fingerprint density at radius 2 is 2.25 bits per heavy atom. The van der Waals surface area contributed by atoms with E-state index in [2.05, 4.69) is 12.2 Å². The quantitative estimate of drug-likeness (QED) is 0.638. The molecule has 1 N–H and O–H groups in total. The second-order valence-corrected chi connectivity index (χ2v) is 4.04. The molecule has 0 spiro atoms. The number of hydrogen-bond acceptors (Lipinski definition) is 3.